The molecule has 1 N–H and O–H groups in total. The molecule has 2 rings (SSSR count). The lowest BCUT2D eigenvalue weighted by Gasteiger charge is -2.62. The van der Waals surface area contributed by atoms with Gasteiger partial charge in [0, 0.05) is 36.0 Å². The second-order valence-corrected chi connectivity index (χ2v) is 7.36. The number of hydrogen-bond acceptors (Lipinski definition) is 2. The van der Waals surface area contributed by atoms with Gasteiger partial charge in [0.2, 0.25) is 0 Å². The Morgan fingerprint density at radius 1 is 1.42 bits per heavy atom. The Bertz CT molecular complexity index is 446. The molecule has 1 aliphatic heterocycles. The molecule has 0 saturated carbocycles. The van der Waals surface area contributed by atoms with Crippen LogP contribution in [0.3, 0.4) is 0 Å². The van der Waals surface area contributed by atoms with E-state index < -0.39 is 0 Å². The van der Waals surface area contributed by atoms with E-state index in [0.29, 0.717) is 5.41 Å². The zero-order valence-corrected chi connectivity index (χ0v) is 13.5. The molecule has 0 amide bonds. The fourth-order valence-corrected chi connectivity index (χ4v) is 3.16. The Hall–Kier alpha value is -1.03. The minimum atomic E-state index is 0.164. The molecule has 0 atom stereocenters. The van der Waals surface area contributed by atoms with Crippen LogP contribution in [0.2, 0.25) is 0 Å². The third-order valence-corrected chi connectivity index (χ3v) is 5.52. The number of likely N-dealkylation sites (tertiary alicyclic amines) is 1. The SMILES string of the molecule is CN=C(NCCc1cccs1)N1CC(C)(C)C1(C)C. The number of nitrogens with one attached hydrogen (secondary N) is 1. The Morgan fingerprint density at radius 2 is 2.16 bits per heavy atom. The van der Waals surface area contributed by atoms with Gasteiger partial charge >= 0.3 is 0 Å². The molecule has 1 aromatic heterocycles. The van der Waals surface area contributed by atoms with Gasteiger partial charge in [-0.2, -0.15) is 0 Å². The van der Waals surface area contributed by atoms with E-state index in [1.54, 1.807) is 0 Å². The van der Waals surface area contributed by atoms with Gasteiger partial charge in [-0.25, -0.2) is 0 Å². The number of aliphatic imine (C=N–C) groups is 1. The molecule has 2 heterocycles. The van der Waals surface area contributed by atoms with Gasteiger partial charge < -0.3 is 10.2 Å². The van der Waals surface area contributed by atoms with E-state index in [0.717, 1.165) is 25.5 Å². The fraction of sp³-hybridized carbons (Fsp3) is 0.667. The molecular weight excluding hydrogens is 254 g/mol. The van der Waals surface area contributed by atoms with Crippen molar-refractivity contribution in [1.82, 2.24) is 10.2 Å². The number of nitrogens with zero attached hydrogens (tertiary/aromatic N) is 2. The van der Waals surface area contributed by atoms with Crippen LogP contribution in [-0.2, 0) is 6.42 Å². The predicted molar refractivity (Wildman–Crippen MR) is 84.0 cm³/mol. The normalized spacial score (nSPS) is 21.1. The minimum absolute atomic E-state index is 0.164. The lowest BCUT2D eigenvalue weighted by atomic mass is 9.65. The predicted octanol–water partition coefficient (Wildman–Crippen LogP) is 2.99. The highest BCUT2D eigenvalue weighted by Crippen LogP contribution is 2.46. The van der Waals surface area contributed by atoms with Gasteiger partial charge in [-0.05, 0) is 31.7 Å². The van der Waals surface area contributed by atoms with Gasteiger partial charge in [0.05, 0.1) is 0 Å². The maximum atomic E-state index is 4.42. The van der Waals surface area contributed by atoms with Gasteiger partial charge in [0.1, 0.15) is 0 Å². The highest BCUT2D eigenvalue weighted by molar-refractivity contribution is 7.09. The lowest BCUT2D eigenvalue weighted by molar-refractivity contribution is -0.0666. The van der Waals surface area contributed by atoms with Crippen molar-refractivity contribution in [2.45, 2.75) is 39.7 Å². The Kier molecular flexibility index (Phi) is 3.90. The second kappa shape index (κ2) is 5.16. The highest BCUT2D eigenvalue weighted by Gasteiger charge is 2.53. The van der Waals surface area contributed by atoms with Gasteiger partial charge in [-0.3, -0.25) is 4.99 Å². The van der Waals surface area contributed by atoms with Crippen molar-refractivity contribution in [2.75, 3.05) is 20.1 Å². The molecule has 0 radical (unpaired) electrons. The van der Waals surface area contributed by atoms with Crippen molar-refractivity contribution in [3.63, 3.8) is 0 Å². The molecule has 1 fully saturated rings. The van der Waals surface area contributed by atoms with Gasteiger partial charge in [0.25, 0.3) is 0 Å². The average Bonchev–Trinajstić information content (AvgIpc) is 2.85. The molecular formula is C15H25N3S. The van der Waals surface area contributed by atoms with Gasteiger partial charge in [0.15, 0.2) is 5.96 Å². The van der Waals surface area contributed by atoms with Crippen molar-refractivity contribution in [3.8, 4) is 0 Å². The third-order valence-electron chi connectivity index (χ3n) is 4.59. The Balaban J connectivity index is 1.89. The van der Waals surface area contributed by atoms with Crippen molar-refractivity contribution in [2.24, 2.45) is 10.4 Å². The molecule has 0 unspecified atom stereocenters. The lowest BCUT2D eigenvalue weighted by Crippen LogP contribution is -2.72. The monoisotopic (exact) mass is 279 g/mol. The number of guanidine groups is 1. The summed E-state index contributed by atoms with van der Waals surface area (Å²) in [5.41, 5.74) is 0.510. The van der Waals surface area contributed by atoms with Gasteiger partial charge in [-0.15, -0.1) is 11.3 Å². The topological polar surface area (TPSA) is 27.6 Å². The molecule has 0 aromatic carbocycles. The molecule has 0 bridgehead atoms. The van der Waals surface area contributed by atoms with Crippen LogP contribution < -0.4 is 5.32 Å². The molecule has 4 heteroatoms. The Morgan fingerprint density at radius 3 is 2.63 bits per heavy atom. The molecule has 1 aromatic rings. The van der Waals surface area contributed by atoms with E-state index in [1.165, 1.54) is 4.88 Å². The van der Waals surface area contributed by atoms with E-state index in [1.807, 2.05) is 18.4 Å². The smallest absolute Gasteiger partial charge is 0.194 e. The van der Waals surface area contributed by atoms with E-state index in [-0.39, 0.29) is 5.54 Å². The summed E-state index contributed by atoms with van der Waals surface area (Å²) in [6.07, 6.45) is 1.06. The van der Waals surface area contributed by atoms with Crippen molar-refractivity contribution in [3.05, 3.63) is 22.4 Å². The molecule has 0 spiro atoms. The number of rotatable bonds is 3. The zero-order chi connectivity index (χ0) is 14.1. The summed E-state index contributed by atoms with van der Waals surface area (Å²) in [7, 11) is 1.87. The molecule has 3 nitrogen and oxygen atoms in total. The maximum absolute atomic E-state index is 4.42. The first-order valence-electron chi connectivity index (χ1n) is 6.89. The summed E-state index contributed by atoms with van der Waals surface area (Å²) in [6, 6.07) is 4.29. The zero-order valence-electron chi connectivity index (χ0n) is 12.7. The first-order valence-corrected chi connectivity index (χ1v) is 7.77. The van der Waals surface area contributed by atoms with Crippen LogP contribution in [0.5, 0.6) is 0 Å². The van der Waals surface area contributed by atoms with Crippen LogP contribution in [0.1, 0.15) is 32.6 Å². The maximum Gasteiger partial charge on any atom is 0.194 e. The largest absolute Gasteiger partial charge is 0.356 e. The molecule has 106 valence electrons. The number of hydrogen-bond donors (Lipinski definition) is 1. The summed E-state index contributed by atoms with van der Waals surface area (Å²) in [5.74, 6) is 1.03. The quantitative estimate of drug-likeness (QED) is 0.680. The van der Waals surface area contributed by atoms with Gasteiger partial charge in [-0.1, -0.05) is 19.9 Å². The summed E-state index contributed by atoms with van der Waals surface area (Å²) >= 11 is 1.82. The minimum Gasteiger partial charge on any atom is -0.356 e. The van der Waals surface area contributed by atoms with E-state index >= 15 is 0 Å². The van der Waals surface area contributed by atoms with Crippen molar-refractivity contribution >= 4 is 17.3 Å². The average molecular weight is 279 g/mol. The first-order chi connectivity index (χ1) is 8.88. The Labute approximate surface area is 120 Å². The molecule has 1 saturated heterocycles. The fourth-order valence-electron chi connectivity index (χ4n) is 2.45. The van der Waals surface area contributed by atoms with Crippen LogP contribution in [0, 0.1) is 5.41 Å². The standard InChI is InChI=1S/C15H25N3S/c1-14(2)11-18(15(14,3)4)13(16-5)17-9-8-12-7-6-10-19-12/h6-7,10H,8-9,11H2,1-5H3,(H,16,17). The highest BCUT2D eigenvalue weighted by atomic mass is 32.1. The number of thiophene rings is 1. The summed E-state index contributed by atoms with van der Waals surface area (Å²) in [6.45, 7) is 11.2. The summed E-state index contributed by atoms with van der Waals surface area (Å²) in [5, 5.41) is 5.62. The third kappa shape index (κ3) is 2.64. The van der Waals surface area contributed by atoms with E-state index in [2.05, 4.69) is 60.4 Å². The van der Waals surface area contributed by atoms with Crippen molar-refractivity contribution < 1.29 is 0 Å². The van der Waals surface area contributed by atoms with Crippen LogP contribution in [0.4, 0.5) is 0 Å². The van der Waals surface area contributed by atoms with E-state index in [4.69, 9.17) is 0 Å². The summed E-state index contributed by atoms with van der Waals surface area (Å²) in [4.78, 5) is 8.22. The molecule has 1 aliphatic rings. The van der Waals surface area contributed by atoms with Crippen LogP contribution in [0.15, 0.2) is 22.5 Å². The van der Waals surface area contributed by atoms with Crippen molar-refractivity contribution in [1.29, 1.82) is 0 Å². The van der Waals surface area contributed by atoms with E-state index in [9.17, 15) is 0 Å². The second-order valence-electron chi connectivity index (χ2n) is 6.33. The van der Waals surface area contributed by atoms with Crippen LogP contribution in [0.25, 0.3) is 0 Å². The summed E-state index contributed by atoms with van der Waals surface area (Å²) < 4.78 is 0. The van der Waals surface area contributed by atoms with Crippen LogP contribution >= 0.6 is 11.3 Å². The van der Waals surface area contributed by atoms with Crippen LogP contribution in [-0.4, -0.2) is 36.5 Å². The molecule has 0 aliphatic carbocycles. The first kappa shape index (κ1) is 14.4. The molecule has 19 heavy (non-hydrogen) atoms.